The van der Waals surface area contributed by atoms with Gasteiger partial charge >= 0.3 is 0 Å². The minimum absolute atomic E-state index is 0.0338. The van der Waals surface area contributed by atoms with Crippen LogP contribution in [0.5, 0.6) is 11.5 Å². The quantitative estimate of drug-likeness (QED) is 0.335. The van der Waals surface area contributed by atoms with E-state index in [9.17, 15) is 34.8 Å². The van der Waals surface area contributed by atoms with E-state index < -0.39 is 58.0 Å². The number of fused-ring (bicyclic) bond motifs is 3. The highest BCUT2D eigenvalue weighted by Crippen LogP contribution is 2.53. The predicted molar refractivity (Wildman–Crippen MR) is 144 cm³/mol. The van der Waals surface area contributed by atoms with Gasteiger partial charge in [-0.15, -0.1) is 0 Å². The van der Waals surface area contributed by atoms with Crippen LogP contribution in [0.15, 0.2) is 28.7 Å². The topological polar surface area (TPSA) is 174 Å². The van der Waals surface area contributed by atoms with Crippen molar-refractivity contribution in [3.8, 4) is 11.5 Å². The van der Waals surface area contributed by atoms with Gasteiger partial charge in [-0.1, -0.05) is 12.8 Å². The van der Waals surface area contributed by atoms with E-state index in [1.807, 2.05) is 0 Å². The lowest BCUT2D eigenvalue weighted by Gasteiger charge is -2.50. The van der Waals surface area contributed by atoms with Gasteiger partial charge in [-0.2, -0.15) is 0 Å². The summed E-state index contributed by atoms with van der Waals surface area (Å²) in [6.45, 7) is 2.40. The largest absolute Gasteiger partial charge is 0.510 e. The van der Waals surface area contributed by atoms with E-state index in [0.29, 0.717) is 17.9 Å². The SMILES string of the molecule is COc1c(CN2CCCCCC2)cc(O)c2c1C[C@H]1C[C@H]3[C@H](N(C)C)C(O)=C(C(N)=O)C(=O)[C@@]3(O)C(O)=C1C2=O. The number of allylic oxidation sites excluding steroid dienone is 1. The number of primary amides is 1. The van der Waals surface area contributed by atoms with Crippen molar-refractivity contribution in [2.75, 3.05) is 34.3 Å². The third kappa shape index (κ3) is 4.10. The molecule has 3 aliphatic carbocycles. The molecule has 6 N–H and O–H groups in total. The molecule has 1 amide bonds. The standard InChI is InChI=1S/C29H37N3O8/c1-31(2)22-17-11-14-10-16-20(18(33)12-15(25(16)40-3)13-32-8-6-4-5-7-9-32)23(34)19(14)26(36)29(17,39)27(37)21(24(22)35)28(30)38/h12,14,17,22,33,35-36,39H,4-11,13H2,1-3H3,(H2,30,38)/t14-,17-,22-,29-/m0/s1. The molecule has 5 rings (SSSR count). The summed E-state index contributed by atoms with van der Waals surface area (Å²) in [4.78, 5) is 43.2. The number of benzene rings is 1. The van der Waals surface area contributed by atoms with Crippen molar-refractivity contribution in [2.24, 2.45) is 17.6 Å². The Balaban J connectivity index is 1.63. The molecule has 11 heteroatoms. The molecule has 0 aromatic heterocycles. The number of likely N-dealkylation sites (tertiary alicyclic amines) is 1. The number of nitrogens with two attached hydrogens (primary N) is 1. The lowest BCUT2D eigenvalue weighted by Crippen LogP contribution is -2.63. The zero-order valence-electron chi connectivity index (χ0n) is 23.1. The van der Waals surface area contributed by atoms with Crippen LogP contribution < -0.4 is 10.5 Å². The first-order chi connectivity index (χ1) is 18.9. The molecule has 0 radical (unpaired) electrons. The van der Waals surface area contributed by atoms with Crippen molar-refractivity contribution in [2.45, 2.75) is 56.7 Å². The Labute approximate surface area is 232 Å². The average molecular weight is 556 g/mol. The lowest BCUT2D eigenvalue weighted by molar-refractivity contribution is -0.148. The highest BCUT2D eigenvalue weighted by molar-refractivity contribution is 6.24. The molecule has 11 nitrogen and oxygen atoms in total. The summed E-state index contributed by atoms with van der Waals surface area (Å²) in [6.07, 6.45) is 4.75. The van der Waals surface area contributed by atoms with Crippen LogP contribution in [0.25, 0.3) is 0 Å². The molecule has 1 aromatic rings. The minimum Gasteiger partial charge on any atom is -0.510 e. The number of nitrogens with zero attached hydrogens (tertiary/aromatic N) is 2. The van der Waals surface area contributed by atoms with Crippen LogP contribution in [-0.2, 0) is 22.6 Å². The van der Waals surface area contributed by atoms with Crippen molar-refractivity contribution < 1.29 is 39.5 Å². The van der Waals surface area contributed by atoms with Crippen LogP contribution in [0.2, 0.25) is 0 Å². The Kier molecular flexibility index (Phi) is 7.18. The van der Waals surface area contributed by atoms with E-state index in [4.69, 9.17) is 10.5 Å². The number of phenols is 1. The highest BCUT2D eigenvalue weighted by atomic mass is 16.5. The van der Waals surface area contributed by atoms with Gasteiger partial charge < -0.3 is 30.9 Å². The van der Waals surface area contributed by atoms with Gasteiger partial charge in [0.1, 0.15) is 28.6 Å². The zero-order valence-corrected chi connectivity index (χ0v) is 23.1. The highest BCUT2D eigenvalue weighted by Gasteiger charge is 2.63. The van der Waals surface area contributed by atoms with Gasteiger partial charge in [-0.05, 0) is 64.9 Å². The number of aliphatic hydroxyl groups excluding tert-OH is 2. The summed E-state index contributed by atoms with van der Waals surface area (Å²) in [5.41, 5.74) is 2.93. The van der Waals surface area contributed by atoms with Crippen molar-refractivity contribution in [3.63, 3.8) is 0 Å². The number of rotatable bonds is 5. The summed E-state index contributed by atoms with van der Waals surface area (Å²) in [5.74, 6) is -6.18. The molecule has 0 unspecified atom stereocenters. The van der Waals surface area contributed by atoms with E-state index in [0.717, 1.165) is 31.5 Å². The molecule has 0 spiro atoms. The number of hydrogen-bond acceptors (Lipinski definition) is 10. The average Bonchev–Trinajstić information content (AvgIpc) is 3.14. The van der Waals surface area contributed by atoms with E-state index >= 15 is 0 Å². The maximum atomic E-state index is 13.9. The van der Waals surface area contributed by atoms with Crippen LogP contribution in [0.3, 0.4) is 0 Å². The molecule has 216 valence electrons. The number of hydrogen-bond donors (Lipinski definition) is 5. The van der Waals surface area contributed by atoms with Gasteiger partial charge in [0, 0.05) is 29.2 Å². The maximum absolute atomic E-state index is 13.9. The number of aromatic hydroxyl groups is 1. The normalized spacial score (nSPS) is 29.2. The smallest absolute Gasteiger partial charge is 0.255 e. The number of amides is 1. The monoisotopic (exact) mass is 555 g/mol. The van der Waals surface area contributed by atoms with Crippen LogP contribution >= 0.6 is 0 Å². The molecule has 1 aliphatic heterocycles. The molecular formula is C29H37N3O8. The third-order valence-electron chi connectivity index (χ3n) is 9.05. The lowest BCUT2D eigenvalue weighted by atomic mass is 9.58. The first kappa shape index (κ1) is 28.1. The number of ether oxygens (including phenoxy) is 1. The Morgan fingerprint density at radius 1 is 1.15 bits per heavy atom. The van der Waals surface area contributed by atoms with E-state index in [1.54, 1.807) is 14.1 Å². The van der Waals surface area contributed by atoms with Gasteiger partial charge in [-0.3, -0.25) is 24.2 Å². The zero-order chi connectivity index (χ0) is 29.1. The summed E-state index contributed by atoms with van der Waals surface area (Å²) < 4.78 is 5.81. The Morgan fingerprint density at radius 3 is 2.38 bits per heavy atom. The molecule has 1 saturated heterocycles. The Bertz CT molecular complexity index is 1340. The molecule has 1 heterocycles. The van der Waals surface area contributed by atoms with Gasteiger partial charge in [0.15, 0.2) is 11.4 Å². The van der Waals surface area contributed by atoms with E-state index in [-0.39, 0.29) is 29.7 Å². The fourth-order valence-electron chi connectivity index (χ4n) is 7.27. The number of carbonyl (C=O) groups excluding carboxylic acids is 3. The number of likely N-dealkylation sites (N-methyl/N-ethyl adjacent to an activating group) is 1. The second-order valence-electron chi connectivity index (χ2n) is 11.6. The summed E-state index contributed by atoms with van der Waals surface area (Å²) in [7, 11) is 4.72. The van der Waals surface area contributed by atoms with Crippen molar-refractivity contribution >= 4 is 17.5 Å². The van der Waals surface area contributed by atoms with Crippen LogP contribution in [0.4, 0.5) is 0 Å². The fraction of sp³-hybridized carbons (Fsp3) is 0.552. The Hall–Kier alpha value is -3.41. The Morgan fingerprint density at radius 2 is 1.80 bits per heavy atom. The second kappa shape index (κ2) is 10.2. The number of Topliss-reactive ketones (excluding diaryl/α,β-unsaturated/α-hetero) is 2. The number of carbonyl (C=O) groups is 3. The van der Waals surface area contributed by atoms with Crippen LogP contribution in [-0.4, -0.2) is 93.6 Å². The van der Waals surface area contributed by atoms with Crippen LogP contribution in [0.1, 0.15) is 53.6 Å². The molecular weight excluding hydrogens is 518 g/mol. The number of phenolic OH excluding ortho intramolecular Hbond substituents is 1. The van der Waals surface area contributed by atoms with Gasteiger partial charge in [0.2, 0.25) is 5.78 Å². The number of ketones is 2. The first-order valence-corrected chi connectivity index (χ1v) is 13.7. The van der Waals surface area contributed by atoms with E-state index in [2.05, 4.69) is 4.90 Å². The van der Waals surface area contributed by atoms with Gasteiger partial charge in [-0.25, -0.2) is 0 Å². The fourth-order valence-corrected chi connectivity index (χ4v) is 7.27. The predicted octanol–water partition coefficient (Wildman–Crippen LogP) is 1.51. The number of aliphatic hydroxyl groups is 3. The van der Waals surface area contributed by atoms with Crippen molar-refractivity contribution in [3.05, 3.63) is 45.4 Å². The van der Waals surface area contributed by atoms with Crippen LogP contribution in [0, 0.1) is 11.8 Å². The van der Waals surface area contributed by atoms with E-state index in [1.165, 1.54) is 30.9 Å². The third-order valence-corrected chi connectivity index (χ3v) is 9.05. The summed E-state index contributed by atoms with van der Waals surface area (Å²) in [6, 6.07) is 0.480. The summed E-state index contributed by atoms with van der Waals surface area (Å²) >= 11 is 0. The molecule has 1 fully saturated rings. The molecule has 4 aliphatic rings. The molecule has 4 atom stereocenters. The first-order valence-electron chi connectivity index (χ1n) is 13.7. The van der Waals surface area contributed by atoms with Gasteiger partial charge in [0.05, 0.1) is 18.7 Å². The van der Waals surface area contributed by atoms with Gasteiger partial charge in [0.25, 0.3) is 5.91 Å². The number of methoxy groups -OCH3 is 1. The molecule has 40 heavy (non-hydrogen) atoms. The molecule has 1 aromatic carbocycles. The molecule has 0 bridgehead atoms. The molecule has 0 saturated carbocycles. The van der Waals surface area contributed by atoms with Crippen molar-refractivity contribution in [1.29, 1.82) is 0 Å². The minimum atomic E-state index is -2.66. The summed E-state index contributed by atoms with van der Waals surface area (Å²) in [5, 5.41) is 45.1. The second-order valence-corrected chi connectivity index (χ2v) is 11.6. The van der Waals surface area contributed by atoms with Crippen molar-refractivity contribution in [1.82, 2.24) is 9.80 Å². The maximum Gasteiger partial charge on any atom is 0.255 e.